The lowest BCUT2D eigenvalue weighted by Gasteiger charge is -2.14. The Bertz CT molecular complexity index is 724. The fourth-order valence-electron chi connectivity index (χ4n) is 2.49. The molecule has 2 aromatic carbocycles. The molecule has 0 aliphatic carbocycles. The van der Waals surface area contributed by atoms with Crippen LogP contribution < -0.4 is 16.0 Å². The average molecular weight is 339 g/mol. The van der Waals surface area contributed by atoms with Gasteiger partial charge in [-0.2, -0.15) is 0 Å². The monoisotopic (exact) mass is 339 g/mol. The van der Waals surface area contributed by atoms with Crippen molar-refractivity contribution in [3.63, 3.8) is 0 Å². The molecule has 0 saturated heterocycles. The lowest BCUT2D eigenvalue weighted by Crippen LogP contribution is -2.23. The van der Waals surface area contributed by atoms with E-state index in [1.54, 1.807) is 24.3 Å². The zero-order valence-corrected chi connectivity index (χ0v) is 14.9. The number of para-hydroxylation sites is 1. The molecule has 3 N–H and O–H groups in total. The highest BCUT2D eigenvalue weighted by atomic mass is 16.2. The maximum absolute atomic E-state index is 12.2. The molecule has 5 heteroatoms. The van der Waals surface area contributed by atoms with Crippen LogP contribution in [0, 0.1) is 0 Å². The zero-order chi connectivity index (χ0) is 18.2. The van der Waals surface area contributed by atoms with Gasteiger partial charge < -0.3 is 16.0 Å². The van der Waals surface area contributed by atoms with E-state index in [0.717, 1.165) is 16.9 Å². The number of anilines is 2. The summed E-state index contributed by atoms with van der Waals surface area (Å²) in [6.07, 6.45) is 0. The van der Waals surface area contributed by atoms with Crippen LogP contribution >= 0.6 is 0 Å². The van der Waals surface area contributed by atoms with E-state index < -0.39 is 0 Å². The third-order valence-electron chi connectivity index (χ3n) is 3.79. The van der Waals surface area contributed by atoms with Gasteiger partial charge in [0.2, 0.25) is 5.91 Å². The minimum Gasteiger partial charge on any atom is -0.376 e. The van der Waals surface area contributed by atoms with Gasteiger partial charge in [0.25, 0.3) is 5.91 Å². The van der Waals surface area contributed by atoms with Crippen LogP contribution in [0.25, 0.3) is 0 Å². The molecule has 132 valence electrons. The molecule has 0 bridgehead atoms. The molecule has 0 heterocycles. The molecule has 0 aliphatic rings. The van der Waals surface area contributed by atoms with E-state index in [2.05, 4.69) is 29.8 Å². The standard InChI is InChI=1S/C20H25N3O2/c1-4-21-20(25)15-9-11-16(12-10-15)22-13-19(24)23-18-8-6-5-7-17(18)14(2)3/h5-12,14,22H,4,13H2,1-3H3,(H,21,25)(H,23,24). The maximum atomic E-state index is 12.2. The molecular formula is C20H25N3O2. The minimum absolute atomic E-state index is 0.0999. The third-order valence-corrected chi connectivity index (χ3v) is 3.79. The van der Waals surface area contributed by atoms with E-state index in [0.29, 0.717) is 18.0 Å². The molecule has 0 unspecified atom stereocenters. The Morgan fingerprint density at radius 1 is 1.00 bits per heavy atom. The van der Waals surface area contributed by atoms with Crippen molar-refractivity contribution < 1.29 is 9.59 Å². The first-order valence-corrected chi connectivity index (χ1v) is 8.52. The topological polar surface area (TPSA) is 70.2 Å². The van der Waals surface area contributed by atoms with Gasteiger partial charge >= 0.3 is 0 Å². The lowest BCUT2D eigenvalue weighted by atomic mass is 10.0. The van der Waals surface area contributed by atoms with Gasteiger partial charge in [-0.3, -0.25) is 9.59 Å². The van der Waals surface area contributed by atoms with Gasteiger partial charge in [0.15, 0.2) is 0 Å². The molecule has 0 radical (unpaired) electrons. The highest BCUT2D eigenvalue weighted by Crippen LogP contribution is 2.23. The van der Waals surface area contributed by atoms with Crippen LogP contribution in [0.5, 0.6) is 0 Å². The smallest absolute Gasteiger partial charge is 0.251 e. The molecule has 2 rings (SSSR count). The van der Waals surface area contributed by atoms with Crippen molar-refractivity contribution in [2.45, 2.75) is 26.7 Å². The quantitative estimate of drug-likeness (QED) is 0.722. The second-order valence-corrected chi connectivity index (χ2v) is 6.08. The summed E-state index contributed by atoms with van der Waals surface area (Å²) < 4.78 is 0. The summed E-state index contributed by atoms with van der Waals surface area (Å²) in [5, 5.41) is 8.76. The number of carbonyl (C=O) groups excluding carboxylic acids is 2. The number of hydrogen-bond donors (Lipinski definition) is 3. The van der Waals surface area contributed by atoms with E-state index in [1.807, 2.05) is 31.2 Å². The van der Waals surface area contributed by atoms with Crippen LogP contribution in [-0.2, 0) is 4.79 Å². The summed E-state index contributed by atoms with van der Waals surface area (Å²) in [5.41, 5.74) is 3.35. The average Bonchev–Trinajstić information content (AvgIpc) is 2.61. The molecule has 5 nitrogen and oxygen atoms in total. The lowest BCUT2D eigenvalue weighted by molar-refractivity contribution is -0.114. The van der Waals surface area contributed by atoms with Crippen LogP contribution in [0.15, 0.2) is 48.5 Å². The van der Waals surface area contributed by atoms with Gasteiger partial charge in [-0.05, 0) is 48.7 Å². The van der Waals surface area contributed by atoms with Crippen molar-refractivity contribution in [1.29, 1.82) is 0 Å². The number of benzene rings is 2. The molecule has 0 atom stereocenters. The van der Waals surface area contributed by atoms with E-state index in [-0.39, 0.29) is 18.4 Å². The minimum atomic E-state index is -0.110. The summed E-state index contributed by atoms with van der Waals surface area (Å²) in [7, 11) is 0. The molecule has 0 fully saturated rings. The molecule has 2 amide bonds. The highest BCUT2D eigenvalue weighted by molar-refractivity contribution is 5.95. The summed E-state index contributed by atoms with van der Waals surface area (Å²) in [4.78, 5) is 23.9. The molecule has 0 saturated carbocycles. The van der Waals surface area contributed by atoms with Gasteiger partial charge in [-0.1, -0.05) is 32.0 Å². The van der Waals surface area contributed by atoms with Gasteiger partial charge in [0.1, 0.15) is 0 Å². The van der Waals surface area contributed by atoms with Crippen molar-refractivity contribution in [3.8, 4) is 0 Å². The van der Waals surface area contributed by atoms with Crippen molar-refractivity contribution in [3.05, 3.63) is 59.7 Å². The molecule has 0 aliphatic heterocycles. The van der Waals surface area contributed by atoms with E-state index in [9.17, 15) is 9.59 Å². The van der Waals surface area contributed by atoms with Crippen LogP contribution in [0.4, 0.5) is 11.4 Å². The van der Waals surface area contributed by atoms with Crippen molar-refractivity contribution in [2.24, 2.45) is 0 Å². The van der Waals surface area contributed by atoms with Gasteiger partial charge in [0.05, 0.1) is 6.54 Å². The van der Waals surface area contributed by atoms with Gasteiger partial charge in [-0.25, -0.2) is 0 Å². The Morgan fingerprint density at radius 2 is 1.68 bits per heavy atom. The number of amides is 2. The Labute approximate surface area is 148 Å². The highest BCUT2D eigenvalue weighted by Gasteiger charge is 2.09. The SMILES string of the molecule is CCNC(=O)c1ccc(NCC(=O)Nc2ccccc2C(C)C)cc1. The zero-order valence-electron chi connectivity index (χ0n) is 14.9. The van der Waals surface area contributed by atoms with Crippen molar-refractivity contribution in [1.82, 2.24) is 5.32 Å². The molecule has 0 aromatic heterocycles. The Morgan fingerprint density at radius 3 is 2.32 bits per heavy atom. The molecule has 25 heavy (non-hydrogen) atoms. The largest absolute Gasteiger partial charge is 0.376 e. The van der Waals surface area contributed by atoms with Crippen molar-refractivity contribution in [2.75, 3.05) is 23.7 Å². The Balaban J connectivity index is 1.91. The first-order chi connectivity index (χ1) is 12.0. The second-order valence-electron chi connectivity index (χ2n) is 6.08. The summed E-state index contributed by atoms with van der Waals surface area (Å²) >= 11 is 0. The number of rotatable bonds is 7. The van der Waals surface area contributed by atoms with Crippen LogP contribution in [0.1, 0.15) is 42.6 Å². The third kappa shape index (κ3) is 5.35. The van der Waals surface area contributed by atoms with Crippen LogP contribution in [0.2, 0.25) is 0 Å². The summed E-state index contributed by atoms with van der Waals surface area (Å²) in [6.45, 7) is 6.83. The predicted octanol–water partition coefficient (Wildman–Crippen LogP) is 3.61. The van der Waals surface area contributed by atoms with Gasteiger partial charge in [-0.15, -0.1) is 0 Å². The molecule has 2 aromatic rings. The predicted molar refractivity (Wildman–Crippen MR) is 102 cm³/mol. The maximum Gasteiger partial charge on any atom is 0.251 e. The number of nitrogens with one attached hydrogen (secondary N) is 3. The summed E-state index contributed by atoms with van der Waals surface area (Å²) in [5.74, 6) is 0.129. The fourth-order valence-corrected chi connectivity index (χ4v) is 2.49. The Hall–Kier alpha value is -2.82. The Kier molecular flexibility index (Phi) is 6.57. The summed E-state index contributed by atoms with van der Waals surface area (Å²) in [6, 6.07) is 14.9. The first-order valence-electron chi connectivity index (χ1n) is 8.52. The second kappa shape index (κ2) is 8.87. The van der Waals surface area contributed by atoms with Crippen molar-refractivity contribution >= 4 is 23.2 Å². The fraction of sp³-hybridized carbons (Fsp3) is 0.300. The van der Waals surface area contributed by atoms with Gasteiger partial charge in [0, 0.05) is 23.5 Å². The number of hydrogen-bond acceptors (Lipinski definition) is 3. The first kappa shape index (κ1) is 18.5. The van der Waals surface area contributed by atoms with E-state index >= 15 is 0 Å². The van der Waals surface area contributed by atoms with E-state index in [1.165, 1.54) is 0 Å². The van der Waals surface area contributed by atoms with Crippen LogP contribution in [-0.4, -0.2) is 24.9 Å². The molecule has 0 spiro atoms. The van der Waals surface area contributed by atoms with E-state index in [4.69, 9.17) is 0 Å². The molecular weight excluding hydrogens is 314 g/mol. The number of carbonyl (C=O) groups is 2. The van der Waals surface area contributed by atoms with Crippen LogP contribution in [0.3, 0.4) is 0 Å². The normalized spacial score (nSPS) is 10.4.